The van der Waals surface area contributed by atoms with E-state index in [1.54, 1.807) is 35.4 Å². The highest BCUT2D eigenvalue weighted by molar-refractivity contribution is 5.99. The second kappa shape index (κ2) is 6.80. The zero-order chi connectivity index (χ0) is 18.1. The highest BCUT2D eigenvalue weighted by Gasteiger charge is 2.34. The fourth-order valence-electron chi connectivity index (χ4n) is 3.40. The lowest BCUT2D eigenvalue weighted by Crippen LogP contribution is -2.31. The molecule has 1 atom stereocenters. The lowest BCUT2D eigenvalue weighted by Gasteiger charge is -2.23. The Morgan fingerprint density at radius 1 is 1.31 bits per heavy atom. The van der Waals surface area contributed by atoms with E-state index in [-0.39, 0.29) is 11.9 Å². The number of carbonyl (C=O) groups is 1. The van der Waals surface area contributed by atoms with Gasteiger partial charge in [-0.1, -0.05) is 0 Å². The van der Waals surface area contributed by atoms with Gasteiger partial charge in [-0.2, -0.15) is 5.10 Å². The summed E-state index contributed by atoms with van der Waals surface area (Å²) in [5.74, 6) is 0.641. The number of rotatable bonds is 4. The van der Waals surface area contributed by atoms with Gasteiger partial charge in [-0.3, -0.25) is 4.79 Å². The van der Waals surface area contributed by atoms with Gasteiger partial charge in [-0.25, -0.2) is 19.5 Å². The molecule has 0 radical (unpaired) electrons. The average molecular weight is 351 g/mol. The Balaban J connectivity index is 1.63. The molecule has 0 aromatic carbocycles. The van der Waals surface area contributed by atoms with Crippen LogP contribution in [0.25, 0.3) is 5.65 Å². The molecule has 8 nitrogen and oxygen atoms in total. The van der Waals surface area contributed by atoms with Gasteiger partial charge < -0.3 is 9.80 Å². The summed E-state index contributed by atoms with van der Waals surface area (Å²) in [5.41, 5.74) is 2.05. The van der Waals surface area contributed by atoms with Gasteiger partial charge in [0.2, 0.25) is 0 Å². The fraction of sp³-hybridized carbons (Fsp3) is 0.389. The van der Waals surface area contributed by atoms with Crippen LogP contribution in [-0.4, -0.2) is 60.9 Å². The summed E-state index contributed by atoms with van der Waals surface area (Å²) in [4.78, 5) is 30.5. The average Bonchev–Trinajstić information content (AvgIpc) is 3.28. The maximum Gasteiger partial charge on any atom is 0.259 e. The van der Waals surface area contributed by atoms with Crippen LogP contribution < -0.4 is 0 Å². The van der Waals surface area contributed by atoms with Gasteiger partial charge in [0.15, 0.2) is 11.5 Å². The Bertz CT molecular complexity index is 936. The van der Waals surface area contributed by atoms with Crippen LogP contribution in [0.5, 0.6) is 0 Å². The van der Waals surface area contributed by atoms with Crippen LogP contribution in [-0.2, 0) is 6.54 Å². The molecule has 8 heteroatoms. The Hall–Kier alpha value is -2.87. The summed E-state index contributed by atoms with van der Waals surface area (Å²) in [7, 11) is 4.01. The van der Waals surface area contributed by atoms with E-state index >= 15 is 0 Å². The monoisotopic (exact) mass is 351 g/mol. The van der Waals surface area contributed by atoms with E-state index in [1.165, 1.54) is 0 Å². The van der Waals surface area contributed by atoms with Crippen LogP contribution in [0, 0.1) is 0 Å². The second-order valence-electron chi connectivity index (χ2n) is 6.75. The number of hydrogen-bond donors (Lipinski definition) is 0. The summed E-state index contributed by atoms with van der Waals surface area (Å²) >= 11 is 0. The lowest BCUT2D eigenvalue weighted by atomic mass is 10.2. The van der Waals surface area contributed by atoms with Gasteiger partial charge in [0.05, 0.1) is 17.9 Å². The van der Waals surface area contributed by atoms with Crippen molar-refractivity contribution < 1.29 is 4.79 Å². The summed E-state index contributed by atoms with van der Waals surface area (Å²) in [6, 6.07) is 3.60. The zero-order valence-electron chi connectivity index (χ0n) is 14.9. The second-order valence-corrected chi connectivity index (χ2v) is 6.75. The first-order valence-corrected chi connectivity index (χ1v) is 8.69. The van der Waals surface area contributed by atoms with Gasteiger partial charge in [0.25, 0.3) is 5.91 Å². The molecule has 0 unspecified atom stereocenters. The standard InChI is InChI=1S/C18H21N7O/c1-23(2)12-13-6-8-19-16(22-13)15-5-3-9-24(15)18(26)14-11-21-25-10-4-7-20-17(14)25/h4,6-8,10-11,15H,3,5,9,12H2,1-2H3/t15-/m1/s1. The fourth-order valence-corrected chi connectivity index (χ4v) is 3.40. The van der Waals surface area contributed by atoms with Crippen LogP contribution in [0.4, 0.5) is 0 Å². The van der Waals surface area contributed by atoms with E-state index < -0.39 is 0 Å². The Morgan fingerprint density at radius 2 is 2.19 bits per heavy atom. The molecule has 1 aliphatic heterocycles. The normalized spacial score (nSPS) is 17.3. The highest BCUT2D eigenvalue weighted by Crippen LogP contribution is 2.31. The highest BCUT2D eigenvalue weighted by atomic mass is 16.2. The summed E-state index contributed by atoms with van der Waals surface area (Å²) in [6.07, 6.45) is 8.62. The molecule has 0 aliphatic carbocycles. The van der Waals surface area contributed by atoms with Crippen molar-refractivity contribution >= 4 is 11.6 Å². The number of fused-ring (bicyclic) bond motifs is 1. The SMILES string of the molecule is CN(C)Cc1ccnc([C@H]2CCCN2C(=O)c2cnn3cccnc23)n1. The van der Waals surface area contributed by atoms with Crippen molar-refractivity contribution in [2.45, 2.75) is 25.4 Å². The van der Waals surface area contributed by atoms with Crippen molar-refractivity contribution in [3.8, 4) is 0 Å². The minimum absolute atomic E-state index is 0.0668. The number of amides is 1. The van der Waals surface area contributed by atoms with Crippen LogP contribution in [0.2, 0.25) is 0 Å². The predicted molar refractivity (Wildman–Crippen MR) is 95.4 cm³/mol. The number of carbonyl (C=O) groups excluding carboxylic acids is 1. The Kier molecular flexibility index (Phi) is 4.34. The van der Waals surface area contributed by atoms with Gasteiger partial charge in [0, 0.05) is 31.7 Å². The zero-order valence-corrected chi connectivity index (χ0v) is 14.9. The molecule has 1 amide bonds. The molecular weight excluding hydrogens is 330 g/mol. The third-order valence-electron chi connectivity index (χ3n) is 4.53. The molecule has 0 N–H and O–H groups in total. The van der Waals surface area contributed by atoms with E-state index in [1.807, 2.05) is 25.1 Å². The quantitative estimate of drug-likeness (QED) is 0.710. The van der Waals surface area contributed by atoms with Crippen LogP contribution in [0.3, 0.4) is 0 Å². The molecule has 0 spiro atoms. The molecule has 26 heavy (non-hydrogen) atoms. The largest absolute Gasteiger partial charge is 0.328 e. The molecule has 1 saturated heterocycles. The Morgan fingerprint density at radius 3 is 3.04 bits per heavy atom. The van der Waals surface area contributed by atoms with Crippen LogP contribution >= 0.6 is 0 Å². The summed E-state index contributed by atoms with van der Waals surface area (Å²) in [5, 5.41) is 4.23. The van der Waals surface area contributed by atoms with E-state index in [4.69, 9.17) is 0 Å². The third-order valence-corrected chi connectivity index (χ3v) is 4.53. The van der Waals surface area contributed by atoms with E-state index in [9.17, 15) is 4.79 Å². The van der Waals surface area contributed by atoms with E-state index in [2.05, 4.69) is 25.0 Å². The Labute approximate surface area is 151 Å². The minimum Gasteiger partial charge on any atom is -0.328 e. The number of nitrogens with zero attached hydrogens (tertiary/aromatic N) is 7. The molecule has 4 heterocycles. The van der Waals surface area contributed by atoms with Crippen molar-refractivity contribution in [3.05, 3.63) is 54.0 Å². The maximum absolute atomic E-state index is 13.1. The van der Waals surface area contributed by atoms with Gasteiger partial charge in [-0.05, 0) is 39.1 Å². The van der Waals surface area contributed by atoms with Crippen molar-refractivity contribution in [1.29, 1.82) is 0 Å². The molecule has 4 rings (SSSR count). The molecule has 3 aromatic heterocycles. The van der Waals surface area contributed by atoms with Gasteiger partial charge in [0.1, 0.15) is 5.56 Å². The smallest absolute Gasteiger partial charge is 0.259 e. The summed E-state index contributed by atoms with van der Waals surface area (Å²) in [6.45, 7) is 1.43. The van der Waals surface area contributed by atoms with Gasteiger partial charge in [-0.15, -0.1) is 0 Å². The first kappa shape index (κ1) is 16.6. The first-order valence-electron chi connectivity index (χ1n) is 8.69. The predicted octanol–water partition coefficient (Wildman–Crippen LogP) is 1.56. The third kappa shape index (κ3) is 3.03. The van der Waals surface area contributed by atoms with Crippen molar-refractivity contribution in [1.82, 2.24) is 34.4 Å². The van der Waals surface area contributed by atoms with E-state index in [0.29, 0.717) is 23.6 Å². The van der Waals surface area contributed by atoms with Crippen molar-refractivity contribution in [2.75, 3.05) is 20.6 Å². The first-order chi connectivity index (χ1) is 12.6. The maximum atomic E-state index is 13.1. The lowest BCUT2D eigenvalue weighted by molar-refractivity contribution is 0.0731. The van der Waals surface area contributed by atoms with Crippen molar-refractivity contribution in [2.24, 2.45) is 0 Å². The molecule has 1 aliphatic rings. The molecule has 134 valence electrons. The number of aromatic nitrogens is 5. The number of hydrogen-bond acceptors (Lipinski definition) is 6. The van der Waals surface area contributed by atoms with Gasteiger partial charge >= 0.3 is 0 Å². The molecule has 0 bridgehead atoms. The minimum atomic E-state index is -0.108. The molecule has 3 aromatic rings. The molecular formula is C18H21N7O. The van der Waals surface area contributed by atoms with Crippen molar-refractivity contribution in [3.63, 3.8) is 0 Å². The molecule has 1 fully saturated rings. The summed E-state index contributed by atoms with van der Waals surface area (Å²) < 4.78 is 1.62. The number of likely N-dealkylation sites (tertiary alicyclic amines) is 1. The van der Waals surface area contributed by atoms with Crippen LogP contribution in [0.15, 0.2) is 36.9 Å². The molecule has 0 saturated carbocycles. The van der Waals surface area contributed by atoms with E-state index in [0.717, 1.165) is 25.1 Å². The topological polar surface area (TPSA) is 79.5 Å². The van der Waals surface area contributed by atoms with Crippen LogP contribution in [0.1, 0.15) is 40.8 Å².